The third kappa shape index (κ3) is 6.57. The van der Waals surface area contributed by atoms with Crippen molar-refractivity contribution >= 4 is 22.5 Å². The number of nitrogens with one attached hydrogen (secondary N) is 2. The number of amides is 1. The third-order valence-corrected chi connectivity index (χ3v) is 7.28. The van der Waals surface area contributed by atoms with Crippen molar-refractivity contribution in [3.8, 4) is 11.3 Å². The zero-order chi connectivity index (χ0) is 24.8. The maximum absolute atomic E-state index is 13.2. The zero-order valence-corrected chi connectivity index (χ0v) is 21.3. The molecule has 0 spiro atoms. The minimum atomic E-state index is -0.0845. The maximum Gasteiger partial charge on any atom is 0.277 e. The number of carbonyl (C=O) groups is 2. The van der Waals surface area contributed by atoms with Gasteiger partial charge in [0.05, 0.1) is 7.05 Å². The first-order chi connectivity index (χ1) is 16.9. The van der Waals surface area contributed by atoms with Crippen LogP contribution in [0.5, 0.6) is 0 Å². The average Bonchev–Trinajstić information content (AvgIpc) is 3.24. The lowest BCUT2D eigenvalue weighted by molar-refractivity contribution is -0.679. The minimum Gasteiger partial charge on any atom is -0.342 e. The number of H-pyrrole nitrogens is 1. The van der Waals surface area contributed by atoms with E-state index in [1.807, 2.05) is 7.05 Å². The van der Waals surface area contributed by atoms with Crippen molar-refractivity contribution in [3.05, 3.63) is 54.5 Å². The fraction of sp³-hybridized carbons (Fsp3) is 0.483. The van der Waals surface area contributed by atoms with Crippen molar-refractivity contribution in [2.75, 3.05) is 20.1 Å². The van der Waals surface area contributed by atoms with Crippen LogP contribution in [0.3, 0.4) is 0 Å². The number of likely N-dealkylation sites (tertiary alicyclic amines) is 1. The van der Waals surface area contributed by atoms with E-state index in [2.05, 4.69) is 75.5 Å². The molecule has 2 N–H and O–H groups in total. The quantitative estimate of drug-likeness (QED) is 0.330. The van der Waals surface area contributed by atoms with E-state index >= 15 is 0 Å². The van der Waals surface area contributed by atoms with Gasteiger partial charge in [0, 0.05) is 17.9 Å². The Balaban J connectivity index is 1.52. The van der Waals surface area contributed by atoms with Gasteiger partial charge in [0.15, 0.2) is 5.69 Å². The van der Waals surface area contributed by atoms with Gasteiger partial charge in [0.25, 0.3) is 5.82 Å². The van der Waals surface area contributed by atoms with Crippen molar-refractivity contribution in [3.63, 3.8) is 0 Å². The second-order valence-corrected chi connectivity index (χ2v) is 10.2. The number of Topliss-reactive ketones (excluding diaryl/α,β-unsaturated/α-hetero) is 1. The Labute approximate surface area is 208 Å². The Kier molecular flexibility index (Phi) is 8.34. The molecule has 0 radical (unpaired) electrons. The van der Waals surface area contributed by atoms with Crippen molar-refractivity contribution in [2.24, 2.45) is 13.0 Å². The van der Waals surface area contributed by atoms with Gasteiger partial charge in [-0.3, -0.25) is 4.79 Å². The Morgan fingerprint density at radius 1 is 1.09 bits per heavy atom. The number of imidazole rings is 1. The summed E-state index contributed by atoms with van der Waals surface area (Å²) in [6.07, 6.45) is 8.28. The maximum atomic E-state index is 13.2. The number of unbranched alkanes of at least 4 members (excludes halogenated alkanes) is 2. The molecule has 1 fully saturated rings. The molecule has 6 nitrogen and oxygen atoms in total. The highest BCUT2D eigenvalue weighted by atomic mass is 16.2. The van der Waals surface area contributed by atoms with Crippen molar-refractivity contribution in [1.29, 1.82) is 0 Å². The monoisotopic (exact) mass is 475 g/mol. The smallest absolute Gasteiger partial charge is 0.277 e. The number of aromatic nitrogens is 2. The number of hydrogen-bond donors (Lipinski definition) is 2. The molecule has 186 valence electrons. The molecule has 1 saturated heterocycles. The van der Waals surface area contributed by atoms with E-state index in [9.17, 15) is 9.59 Å². The number of fused-ring (bicyclic) bond motifs is 1. The molecule has 6 heteroatoms. The number of carbonyl (C=O) groups excluding carboxylic acids is 2. The van der Waals surface area contributed by atoms with Gasteiger partial charge < -0.3 is 15.0 Å². The molecule has 1 atom stereocenters. The number of aryl methyl sites for hydroxylation is 1. The van der Waals surface area contributed by atoms with Gasteiger partial charge >= 0.3 is 0 Å². The fourth-order valence-electron chi connectivity index (χ4n) is 5.09. The molecule has 2 aromatic carbocycles. The first kappa shape index (κ1) is 25.1. The summed E-state index contributed by atoms with van der Waals surface area (Å²) in [5, 5.41) is 5.81. The highest BCUT2D eigenvalue weighted by Crippen LogP contribution is 2.26. The minimum absolute atomic E-state index is 0.0756. The lowest BCUT2D eigenvalue weighted by Gasteiger charge is -2.29. The highest BCUT2D eigenvalue weighted by Gasteiger charge is 2.30. The summed E-state index contributed by atoms with van der Waals surface area (Å²) in [4.78, 5) is 30.4. The van der Waals surface area contributed by atoms with E-state index in [-0.39, 0.29) is 23.7 Å². The van der Waals surface area contributed by atoms with Gasteiger partial charge in [-0.25, -0.2) is 9.55 Å². The van der Waals surface area contributed by atoms with E-state index in [0.717, 1.165) is 68.7 Å². The Morgan fingerprint density at radius 3 is 2.57 bits per heavy atom. The van der Waals surface area contributed by atoms with E-state index in [0.29, 0.717) is 6.42 Å². The Hall–Kier alpha value is -2.99. The zero-order valence-electron chi connectivity index (χ0n) is 21.3. The van der Waals surface area contributed by atoms with Crippen LogP contribution in [-0.4, -0.2) is 41.7 Å². The predicted molar refractivity (Wildman–Crippen MR) is 140 cm³/mol. The molecule has 1 aromatic heterocycles. The summed E-state index contributed by atoms with van der Waals surface area (Å²) in [5.74, 6) is 1.49. The molecule has 1 aliphatic rings. The van der Waals surface area contributed by atoms with Crippen molar-refractivity contribution in [2.45, 2.75) is 57.9 Å². The van der Waals surface area contributed by atoms with E-state index < -0.39 is 0 Å². The first-order valence-corrected chi connectivity index (χ1v) is 13.0. The van der Waals surface area contributed by atoms with Gasteiger partial charge in [0.2, 0.25) is 5.91 Å². The molecule has 0 bridgehead atoms. The van der Waals surface area contributed by atoms with Crippen LogP contribution in [0.1, 0.15) is 63.7 Å². The number of benzene rings is 2. The summed E-state index contributed by atoms with van der Waals surface area (Å²) in [6, 6.07) is 14.8. The lowest BCUT2D eigenvalue weighted by atomic mass is 9.95. The normalized spacial score (nSPS) is 15.9. The number of nitrogens with zero attached hydrogens (tertiary/aromatic N) is 2. The third-order valence-electron chi connectivity index (χ3n) is 7.28. The summed E-state index contributed by atoms with van der Waals surface area (Å²) < 4.78 is 2.11. The topological polar surface area (TPSA) is 69.1 Å². The molecular formula is C29H39N4O2+. The van der Waals surface area contributed by atoms with Crippen LogP contribution < -0.4 is 9.88 Å². The number of aromatic amines is 1. The fourth-order valence-corrected chi connectivity index (χ4v) is 5.09. The summed E-state index contributed by atoms with van der Waals surface area (Å²) in [7, 11) is 4.16. The van der Waals surface area contributed by atoms with Gasteiger partial charge in [-0.05, 0) is 75.6 Å². The molecule has 3 aromatic rings. The number of hydrogen-bond acceptors (Lipinski definition) is 3. The SMILES string of the molecule is CC(=O)CCCCC[C@H](NC(=O)C1CCN(C)CC1)c1[nH]c(-c2ccc3ccccc3c2)c[n+]1C. The molecule has 4 rings (SSSR count). The molecule has 1 amide bonds. The largest absolute Gasteiger partial charge is 0.342 e. The van der Waals surface area contributed by atoms with Crippen LogP contribution in [-0.2, 0) is 16.6 Å². The van der Waals surface area contributed by atoms with Gasteiger partial charge in [-0.1, -0.05) is 43.2 Å². The van der Waals surface area contributed by atoms with Gasteiger partial charge in [-0.15, -0.1) is 0 Å². The van der Waals surface area contributed by atoms with Crippen LogP contribution in [0, 0.1) is 5.92 Å². The second kappa shape index (κ2) is 11.6. The van der Waals surface area contributed by atoms with E-state index in [4.69, 9.17) is 0 Å². The van der Waals surface area contributed by atoms with E-state index in [1.54, 1.807) is 6.92 Å². The lowest BCUT2D eigenvalue weighted by Crippen LogP contribution is -2.43. The summed E-state index contributed by atoms with van der Waals surface area (Å²) >= 11 is 0. The first-order valence-electron chi connectivity index (χ1n) is 13.0. The van der Waals surface area contributed by atoms with Gasteiger partial charge in [0.1, 0.15) is 18.0 Å². The molecule has 0 unspecified atom stereocenters. The van der Waals surface area contributed by atoms with Crippen LogP contribution in [0.4, 0.5) is 0 Å². The Bertz CT molecular complexity index is 1160. The molecule has 0 saturated carbocycles. The van der Waals surface area contributed by atoms with Crippen molar-refractivity contribution in [1.82, 2.24) is 15.2 Å². The summed E-state index contributed by atoms with van der Waals surface area (Å²) in [5.41, 5.74) is 2.18. The molecule has 35 heavy (non-hydrogen) atoms. The van der Waals surface area contributed by atoms with Crippen LogP contribution in [0.15, 0.2) is 48.7 Å². The number of piperidine rings is 1. The van der Waals surface area contributed by atoms with Crippen LogP contribution in [0.2, 0.25) is 0 Å². The molecule has 2 heterocycles. The molecule has 0 aliphatic carbocycles. The molecular weight excluding hydrogens is 436 g/mol. The van der Waals surface area contributed by atoms with Crippen LogP contribution in [0.25, 0.3) is 22.0 Å². The van der Waals surface area contributed by atoms with E-state index in [1.165, 1.54) is 10.8 Å². The standard InChI is InChI=1S/C29H38N4O2/c1-21(34)9-5-4-6-12-26(31-29(35)23-15-17-32(2)18-16-23)28-30-27(20-33(28)3)25-14-13-22-10-7-8-11-24(22)19-25/h7-8,10-11,13-14,19-20,23,26H,4-6,9,12,15-18H2,1-3H3,(H,31,35)/p+1/t26-/m0/s1. The summed E-state index contributed by atoms with van der Waals surface area (Å²) in [6.45, 7) is 3.59. The van der Waals surface area contributed by atoms with Crippen molar-refractivity contribution < 1.29 is 14.2 Å². The highest BCUT2D eigenvalue weighted by molar-refractivity contribution is 5.86. The number of ketones is 1. The number of rotatable bonds is 10. The van der Waals surface area contributed by atoms with Crippen LogP contribution >= 0.6 is 0 Å². The average molecular weight is 476 g/mol. The predicted octanol–water partition coefficient (Wildman–Crippen LogP) is 4.70. The molecule has 1 aliphatic heterocycles. The second-order valence-electron chi connectivity index (χ2n) is 10.2. The van der Waals surface area contributed by atoms with Gasteiger partial charge in [-0.2, -0.15) is 0 Å². The Morgan fingerprint density at radius 2 is 1.83 bits per heavy atom.